The maximum absolute atomic E-state index is 13.1. The van der Waals surface area contributed by atoms with Crippen LogP contribution in [0.25, 0.3) is 11.3 Å². The van der Waals surface area contributed by atoms with Gasteiger partial charge in [0.1, 0.15) is 5.82 Å². The number of rotatable bonds is 2. The lowest BCUT2D eigenvalue weighted by Crippen LogP contribution is -2.34. The first-order chi connectivity index (χ1) is 12.1. The van der Waals surface area contributed by atoms with Gasteiger partial charge in [-0.05, 0) is 61.1 Å². The summed E-state index contributed by atoms with van der Waals surface area (Å²) in [5.41, 5.74) is 7.80. The highest BCUT2D eigenvalue weighted by Crippen LogP contribution is 2.38. The molecule has 1 aromatic carbocycles. The molecule has 4 rings (SSSR count). The molecule has 2 fully saturated rings. The normalized spacial score (nSPS) is 22.0. The van der Waals surface area contributed by atoms with E-state index in [9.17, 15) is 9.18 Å². The van der Waals surface area contributed by atoms with Crippen molar-refractivity contribution in [2.24, 2.45) is 11.8 Å². The molecule has 1 saturated heterocycles. The van der Waals surface area contributed by atoms with Crippen LogP contribution in [0.4, 0.5) is 20.7 Å². The molecule has 2 unspecified atom stereocenters. The number of amides is 2. The number of nitrogens with one attached hydrogen (secondary N) is 1. The van der Waals surface area contributed by atoms with Crippen molar-refractivity contribution in [2.45, 2.75) is 19.3 Å². The first-order valence-electron chi connectivity index (χ1n) is 8.68. The highest BCUT2D eigenvalue weighted by molar-refractivity contribution is 5.92. The second-order valence-corrected chi connectivity index (χ2v) is 6.93. The molecular formula is C19H21FN4O. The molecule has 6 heteroatoms. The quantitative estimate of drug-likeness (QED) is 0.875. The van der Waals surface area contributed by atoms with E-state index in [-0.39, 0.29) is 11.8 Å². The second kappa shape index (κ2) is 6.35. The van der Waals surface area contributed by atoms with Crippen LogP contribution in [0.2, 0.25) is 0 Å². The molecular weight excluding hydrogens is 319 g/mol. The largest absolute Gasteiger partial charge is 0.396 e. The molecule has 1 aromatic heterocycles. The van der Waals surface area contributed by atoms with Gasteiger partial charge in [0.2, 0.25) is 0 Å². The fourth-order valence-corrected chi connectivity index (χ4v) is 3.93. The van der Waals surface area contributed by atoms with Gasteiger partial charge in [-0.3, -0.25) is 5.32 Å². The number of anilines is 2. The number of halogens is 1. The average Bonchev–Trinajstić information content (AvgIpc) is 3.19. The van der Waals surface area contributed by atoms with Gasteiger partial charge < -0.3 is 10.6 Å². The molecule has 2 atom stereocenters. The molecule has 5 nitrogen and oxygen atoms in total. The third-order valence-electron chi connectivity index (χ3n) is 5.31. The van der Waals surface area contributed by atoms with Gasteiger partial charge in [-0.25, -0.2) is 14.2 Å². The summed E-state index contributed by atoms with van der Waals surface area (Å²) >= 11 is 0. The highest BCUT2D eigenvalue weighted by atomic mass is 19.1. The number of nitrogens with zero attached hydrogens (tertiary/aromatic N) is 2. The van der Waals surface area contributed by atoms with Crippen molar-refractivity contribution in [3.05, 3.63) is 42.2 Å². The lowest BCUT2D eigenvalue weighted by Gasteiger charge is -2.18. The monoisotopic (exact) mass is 340 g/mol. The van der Waals surface area contributed by atoms with E-state index in [2.05, 4.69) is 10.3 Å². The Balaban J connectivity index is 1.51. The predicted octanol–water partition coefficient (Wildman–Crippen LogP) is 3.73. The number of likely N-dealkylation sites (tertiary alicyclic amines) is 1. The summed E-state index contributed by atoms with van der Waals surface area (Å²) in [7, 11) is 0. The van der Waals surface area contributed by atoms with Crippen LogP contribution < -0.4 is 11.1 Å². The maximum Gasteiger partial charge on any atom is 0.323 e. The van der Waals surface area contributed by atoms with Crippen molar-refractivity contribution in [3.63, 3.8) is 0 Å². The molecule has 1 aliphatic carbocycles. The molecule has 130 valence electrons. The van der Waals surface area contributed by atoms with Crippen LogP contribution in [0.15, 0.2) is 36.4 Å². The summed E-state index contributed by atoms with van der Waals surface area (Å²) in [6.07, 6.45) is 3.71. The van der Waals surface area contributed by atoms with Gasteiger partial charge in [-0.1, -0.05) is 6.42 Å². The van der Waals surface area contributed by atoms with Crippen LogP contribution in [0.3, 0.4) is 0 Å². The number of hydrogen-bond donors (Lipinski definition) is 2. The molecule has 1 saturated carbocycles. The topological polar surface area (TPSA) is 71.2 Å². The van der Waals surface area contributed by atoms with E-state index in [0.717, 1.165) is 18.7 Å². The molecule has 25 heavy (non-hydrogen) atoms. The first-order valence-corrected chi connectivity index (χ1v) is 8.68. The molecule has 0 spiro atoms. The van der Waals surface area contributed by atoms with Gasteiger partial charge in [0.15, 0.2) is 5.82 Å². The lowest BCUT2D eigenvalue weighted by molar-refractivity contribution is 0.219. The summed E-state index contributed by atoms with van der Waals surface area (Å²) in [5, 5.41) is 2.84. The Kier molecular flexibility index (Phi) is 4.03. The van der Waals surface area contributed by atoms with Gasteiger partial charge in [0.25, 0.3) is 0 Å². The Hall–Kier alpha value is -2.63. The Morgan fingerprint density at radius 2 is 1.80 bits per heavy atom. The average molecular weight is 340 g/mol. The standard InChI is InChI=1S/C19H21FN4O/c20-15-6-4-12(5-7-15)17-9-8-16(21)18(22-17)23-19(25)24-10-13-2-1-3-14(13)11-24/h4-9,13-14H,1-3,10-11,21H2,(H,22,23,25). The lowest BCUT2D eigenvalue weighted by atomic mass is 10.0. The number of hydrogen-bond acceptors (Lipinski definition) is 3. The number of urea groups is 1. The van der Waals surface area contributed by atoms with E-state index >= 15 is 0 Å². The van der Waals surface area contributed by atoms with Crippen LogP contribution >= 0.6 is 0 Å². The van der Waals surface area contributed by atoms with Crippen LogP contribution in [-0.4, -0.2) is 29.0 Å². The summed E-state index contributed by atoms with van der Waals surface area (Å²) < 4.78 is 13.1. The molecule has 0 radical (unpaired) electrons. The number of carbonyl (C=O) groups excluding carboxylic acids is 1. The van der Waals surface area contributed by atoms with Crippen molar-refractivity contribution in [3.8, 4) is 11.3 Å². The minimum absolute atomic E-state index is 0.148. The van der Waals surface area contributed by atoms with E-state index in [1.165, 1.54) is 31.4 Å². The van der Waals surface area contributed by atoms with E-state index in [1.54, 1.807) is 24.3 Å². The fourth-order valence-electron chi connectivity index (χ4n) is 3.93. The Labute approximate surface area is 146 Å². The molecule has 0 bridgehead atoms. The van der Waals surface area contributed by atoms with E-state index < -0.39 is 0 Å². The fraction of sp³-hybridized carbons (Fsp3) is 0.368. The van der Waals surface area contributed by atoms with Crippen LogP contribution in [0.5, 0.6) is 0 Å². The minimum atomic E-state index is -0.299. The smallest absolute Gasteiger partial charge is 0.323 e. The summed E-state index contributed by atoms with van der Waals surface area (Å²) in [5.74, 6) is 1.33. The Bertz CT molecular complexity index is 781. The maximum atomic E-state index is 13.1. The van der Waals surface area contributed by atoms with Crippen molar-refractivity contribution in [2.75, 3.05) is 24.1 Å². The number of aromatic nitrogens is 1. The number of nitrogen functional groups attached to an aromatic ring is 1. The van der Waals surface area contributed by atoms with Gasteiger partial charge in [-0.15, -0.1) is 0 Å². The number of pyridine rings is 1. The van der Waals surface area contributed by atoms with Crippen molar-refractivity contribution in [1.82, 2.24) is 9.88 Å². The molecule has 1 aliphatic heterocycles. The van der Waals surface area contributed by atoms with Crippen LogP contribution in [0.1, 0.15) is 19.3 Å². The summed E-state index contributed by atoms with van der Waals surface area (Å²) in [4.78, 5) is 18.9. The summed E-state index contributed by atoms with van der Waals surface area (Å²) in [6, 6.07) is 9.40. The molecule has 3 N–H and O–H groups in total. The number of benzene rings is 1. The van der Waals surface area contributed by atoms with E-state index in [4.69, 9.17) is 5.73 Å². The molecule has 2 aliphatic rings. The van der Waals surface area contributed by atoms with Crippen molar-refractivity contribution < 1.29 is 9.18 Å². The SMILES string of the molecule is Nc1ccc(-c2ccc(F)cc2)nc1NC(=O)N1CC2CCCC2C1. The zero-order valence-corrected chi connectivity index (χ0v) is 13.9. The number of fused-ring (bicyclic) bond motifs is 1. The number of carbonyl (C=O) groups is 1. The first kappa shape index (κ1) is 15.9. The zero-order valence-electron chi connectivity index (χ0n) is 13.9. The van der Waals surface area contributed by atoms with Crippen LogP contribution in [-0.2, 0) is 0 Å². The summed E-state index contributed by atoms with van der Waals surface area (Å²) in [6.45, 7) is 1.63. The third-order valence-corrected chi connectivity index (χ3v) is 5.31. The molecule has 2 aromatic rings. The minimum Gasteiger partial charge on any atom is -0.396 e. The van der Waals surface area contributed by atoms with Crippen molar-refractivity contribution in [1.29, 1.82) is 0 Å². The van der Waals surface area contributed by atoms with E-state index in [0.29, 0.717) is 29.0 Å². The van der Waals surface area contributed by atoms with Gasteiger partial charge in [0.05, 0.1) is 11.4 Å². The third kappa shape index (κ3) is 3.16. The zero-order chi connectivity index (χ0) is 17.4. The highest BCUT2D eigenvalue weighted by Gasteiger charge is 2.38. The predicted molar refractivity (Wildman–Crippen MR) is 95.5 cm³/mol. The Morgan fingerprint density at radius 3 is 2.48 bits per heavy atom. The van der Waals surface area contributed by atoms with E-state index in [1.807, 2.05) is 4.90 Å². The molecule has 2 amide bonds. The number of nitrogens with two attached hydrogens (primary N) is 1. The molecule has 2 heterocycles. The Morgan fingerprint density at radius 1 is 1.12 bits per heavy atom. The van der Waals surface area contributed by atoms with Gasteiger partial charge in [0, 0.05) is 18.7 Å². The van der Waals surface area contributed by atoms with Crippen molar-refractivity contribution >= 4 is 17.5 Å². The van der Waals surface area contributed by atoms with Crippen LogP contribution in [0, 0.1) is 17.7 Å². The van der Waals surface area contributed by atoms with Gasteiger partial charge >= 0.3 is 6.03 Å². The van der Waals surface area contributed by atoms with Gasteiger partial charge in [-0.2, -0.15) is 0 Å². The second-order valence-electron chi connectivity index (χ2n) is 6.93.